The van der Waals surface area contributed by atoms with Crippen LogP contribution >= 0.6 is 0 Å². The largest absolute Gasteiger partial charge is 0.490 e. The maximum absolute atomic E-state index is 6.11. The van der Waals surface area contributed by atoms with Gasteiger partial charge in [-0.05, 0) is 50.2 Å². The lowest BCUT2D eigenvalue weighted by molar-refractivity contribution is 0.183. The molecular weight excluding hydrogens is 300 g/mol. The van der Waals surface area contributed by atoms with Gasteiger partial charge >= 0.3 is 0 Å². The van der Waals surface area contributed by atoms with Gasteiger partial charge in [0, 0.05) is 12.7 Å². The van der Waals surface area contributed by atoms with Crippen LogP contribution in [0.5, 0.6) is 5.75 Å². The number of ether oxygens (including phenoxy) is 1. The first-order valence-electron chi connectivity index (χ1n) is 8.64. The highest BCUT2D eigenvalue weighted by molar-refractivity contribution is 5.58. The van der Waals surface area contributed by atoms with E-state index in [0.717, 1.165) is 29.5 Å². The lowest BCUT2D eigenvalue weighted by atomic mass is 10.1. The van der Waals surface area contributed by atoms with Crippen LogP contribution in [-0.4, -0.2) is 45.7 Å². The molecule has 5 heteroatoms. The fourth-order valence-electron chi connectivity index (χ4n) is 3.30. The van der Waals surface area contributed by atoms with Gasteiger partial charge in [0.1, 0.15) is 24.4 Å². The molecule has 0 aliphatic carbocycles. The Kier molecular flexibility index (Phi) is 4.42. The van der Waals surface area contributed by atoms with E-state index in [-0.39, 0.29) is 0 Å². The predicted octanol–water partition coefficient (Wildman–Crippen LogP) is 3.24. The van der Waals surface area contributed by atoms with Crippen molar-refractivity contribution in [3.05, 3.63) is 48.9 Å². The van der Waals surface area contributed by atoms with Crippen molar-refractivity contribution in [2.75, 3.05) is 26.2 Å². The summed E-state index contributed by atoms with van der Waals surface area (Å²) in [5.41, 5.74) is 1.89. The normalized spacial score (nSPS) is 15.7. The zero-order valence-corrected chi connectivity index (χ0v) is 13.8. The van der Waals surface area contributed by atoms with Crippen LogP contribution in [0.4, 0.5) is 0 Å². The minimum Gasteiger partial charge on any atom is -0.490 e. The van der Waals surface area contributed by atoms with Crippen molar-refractivity contribution in [1.82, 2.24) is 19.4 Å². The van der Waals surface area contributed by atoms with Gasteiger partial charge in [-0.3, -0.25) is 9.47 Å². The van der Waals surface area contributed by atoms with E-state index in [1.807, 2.05) is 41.1 Å². The number of hydrogen-bond acceptors (Lipinski definition) is 4. The van der Waals surface area contributed by atoms with Crippen LogP contribution in [0.3, 0.4) is 0 Å². The highest BCUT2D eigenvalue weighted by Crippen LogP contribution is 2.27. The molecule has 4 rings (SSSR count). The van der Waals surface area contributed by atoms with Crippen LogP contribution in [0.2, 0.25) is 0 Å². The number of piperidine rings is 1. The van der Waals surface area contributed by atoms with Crippen LogP contribution in [0.1, 0.15) is 19.3 Å². The standard InChI is InChI=1S/C19H22N4O/c1-4-10-22(11-5-1)13-14-24-18-9-3-2-8-17(18)23-12-6-7-16-19(23)21-15-20-16/h2-3,6-9,12,15H,1,4-5,10-11,13-14H2. The number of rotatable bonds is 5. The predicted molar refractivity (Wildman–Crippen MR) is 93.8 cm³/mol. The first kappa shape index (κ1) is 15.1. The van der Waals surface area contributed by atoms with Crippen LogP contribution in [0.15, 0.2) is 48.9 Å². The number of imidazole rings is 1. The number of pyridine rings is 1. The molecule has 0 amide bonds. The number of para-hydroxylation sites is 2. The van der Waals surface area contributed by atoms with Crippen molar-refractivity contribution in [3.8, 4) is 23.0 Å². The molecule has 0 spiro atoms. The second-order valence-electron chi connectivity index (χ2n) is 6.18. The van der Waals surface area contributed by atoms with E-state index in [2.05, 4.69) is 20.9 Å². The van der Waals surface area contributed by atoms with Crippen molar-refractivity contribution in [2.45, 2.75) is 19.3 Å². The molecule has 1 fully saturated rings. The molecule has 1 aromatic rings. The molecule has 0 N–H and O–H groups in total. The summed E-state index contributed by atoms with van der Waals surface area (Å²) in [6.45, 7) is 4.09. The van der Waals surface area contributed by atoms with E-state index in [1.54, 1.807) is 6.33 Å². The summed E-state index contributed by atoms with van der Waals surface area (Å²) < 4.78 is 8.15. The van der Waals surface area contributed by atoms with Crippen molar-refractivity contribution >= 4 is 0 Å². The van der Waals surface area contributed by atoms with Gasteiger partial charge in [0.05, 0.1) is 5.69 Å². The molecule has 3 aliphatic heterocycles. The Morgan fingerprint density at radius 3 is 2.75 bits per heavy atom. The molecule has 1 aromatic carbocycles. The zero-order chi connectivity index (χ0) is 16.2. The molecule has 24 heavy (non-hydrogen) atoms. The molecule has 124 valence electrons. The second kappa shape index (κ2) is 7.01. The van der Waals surface area contributed by atoms with Gasteiger partial charge in [-0.1, -0.05) is 18.6 Å². The Morgan fingerprint density at radius 2 is 1.83 bits per heavy atom. The number of nitrogens with zero attached hydrogens (tertiary/aromatic N) is 4. The Bertz CT molecular complexity index is 764. The van der Waals surface area contributed by atoms with E-state index in [0.29, 0.717) is 6.61 Å². The van der Waals surface area contributed by atoms with Gasteiger partial charge in [-0.25, -0.2) is 9.97 Å². The number of aromatic nitrogens is 3. The quantitative estimate of drug-likeness (QED) is 0.723. The number of benzene rings is 1. The molecule has 5 nitrogen and oxygen atoms in total. The fraction of sp³-hybridized carbons (Fsp3) is 0.368. The highest BCUT2D eigenvalue weighted by Gasteiger charge is 2.14. The molecule has 0 atom stereocenters. The molecule has 3 heterocycles. The van der Waals surface area contributed by atoms with E-state index < -0.39 is 0 Å². The topological polar surface area (TPSA) is 43.2 Å². The van der Waals surface area contributed by atoms with E-state index >= 15 is 0 Å². The lowest BCUT2D eigenvalue weighted by Crippen LogP contribution is -2.33. The van der Waals surface area contributed by atoms with Gasteiger partial charge in [-0.15, -0.1) is 0 Å². The first-order chi connectivity index (χ1) is 11.9. The van der Waals surface area contributed by atoms with Gasteiger partial charge < -0.3 is 4.74 Å². The number of likely N-dealkylation sites (tertiary alicyclic amines) is 1. The van der Waals surface area contributed by atoms with Crippen molar-refractivity contribution in [1.29, 1.82) is 0 Å². The summed E-state index contributed by atoms with van der Waals surface area (Å²) in [6, 6.07) is 12.1. The lowest BCUT2D eigenvalue weighted by Gasteiger charge is -2.26. The smallest absolute Gasteiger partial charge is 0.165 e. The zero-order valence-electron chi connectivity index (χ0n) is 13.8. The third-order valence-corrected chi connectivity index (χ3v) is 4.56. The Labute approximate surface area is 142 Å². The maximum atomic E-state index is 6.11. The Hall–Kier alpha value is -2.40. The highest BCUT2D eigenvalue weighted by atomic mass is 16.5. The Morgan fingerprint density at radius 1 is 0.958 bits per heavy atom. The monoisotopic (exact) mass is 322 g/mol. The maximum Gasteiger partial charge on any atom is 0.165 e. The molecule has 3 aliphatic rings. The average molecular weight is 322 g/mol. The van der Waals surface area contributed by atoms with E-state index in [4.69, 9.17) is 4.74 Å². The van der Waals surface area contributed by atoms with Gasteiger partial charge in [-0.2, -0.15) is 0 Å². The third-order valence-electron chi connectivity index (χ3n) is 4.56. The molecule has 0 bridgehead atoms. The van der Waals surface area contributed by atoms with E-state index in [9.17, 15) is 0 Å². The van der Waals surface area contributed by atoms with E-state index in [1.165, 1.54) is 32.4 Å². The average Bonchev–Trinajstić information content (AvgIpc) is 3.12. The summed E-state index contributed by atoms with van der Waals surface area (Å²) in [5.74, 6) is 1.74. The van der Waals surface area contributed by atoms with Crippen LogP contribution in [0, 0.1) is 0 Å². The van der Waals surface area contributed by atoms with Gasteiger partial charge in [0.15, 0.2) is 5.82 Å². The van der Waals surface area contributed by atoms with Crippen molar-refractivity contribution in [3.63, 3.8) is 0 Å². The first-order valence-corrected chi connectivity index (χ1v) is 8.64. The minimum atomic E-state index is 0.709. The minimum absolute atomic E-state index is 0.709. The van der Waals surface area contributed by atoms with Crippen molar-refractivity contribution < 1.29 is 4.74 Å². The summed E-state index contributed by atoms with van der Waals surface area (Å²) >= 11 is 0. The molecular formula is C19H22N4O. The summed E-state index contributed by atoms with van der Waals surface area (Å²) in [5, 5.41) is 0. The molecule has 0 aromatic heterocycles. The third kappa shape index (κ3) is 3.12. The van der Waals surface area contributed by atoms with Crippen LogP contribution in [-0.2, 0) is 0 Å². The number of fused-ring (bicyclic) bond motifs is 1. The molecule has 0 saturated carbocycles. The Balaban J connectivity index is 1.51. The fourth-order valence-corrected chi connectivity index (χ4v) is 3.30. The summed E-state index contributed by atoms with van der Waals surface area (Å²) in [7, 11) is 0. The second-order valence-corrected chi connectivity index (χ2v) is 6.18. The summed E-state index contributed by atoms with van der Waals surface area (Å²) in [4.78, 5) is 11.1. The van der Waals surface area contributed by atoms with Gasteiger partial charge in [0.2, 0.25) is 0 Å². The molecule has 1 saturated heterocycles. The SMILES string of the molecule is c1ccc(-n2cccc3ncnc2-3)c(OCCN2CCCCC2)c1. The van der Waals surface area contributed by atoms with Crippen LogP contribution in [0.25, 0.3) is 17.2 Å². The molecule has 0 radical (unpaired) electrons. The molecule has 0 unspecified atom stereocenters. The number of hydrogen-bond donors (Lipinski definition) is 0. The summed E-state index contributed by atoms with van der Waals surface area (Å²) in [6.07, 6.45) is 7.58. The van der Waals surface area contributed by atoms with Gasteiger partial charge in [0.25, 0.3) is 0 Å². The van der Waals surface area contributed by atoms with Crippen molar-refractivity contribution in [2.24, 2.45) is 0 Å². The van der Waals surface area contributed by atoms with Crippen LogP contribution < -0.4 is 4.74 Å².